The lowest BCUT2D eigenvalue weighted by molar-refractivity contribution is 0.0600. The molecule has 15 heavy (non-hydrogen) atoms. The van der Waals surface area contributed by atoms with Gasteiger partial charge in [-0.15, -0.1) is 0 Å². The smallest absolute Gasteiger partial charge is 0.337 e. The molecule has 1 unspecified atom stereocenters. The van der Waals surface area contributed by atoms with Gasteiger partial charge in [-0.3, -0.25) is 0 Å². The summed E-state index contributed by atoms with van der Waals surface area (Å²) in [4.78, 5) is 11.0. The first-order valence-corrected chi connectivity index (χ1v) is 4.36. The van der Waals surface area contributed by atoms with E-state index in [0.717, 1.165) is 6.07 Å². The van der Waals surface area contributed by atoms with Crippen LogP contribution in [0.15, 0.2) is 18.2 Å². The summed E-state index contributed by atoms with van der Waals surface area (Å²) in [5.41, 5.74) is 5.36. The first-order chi connectivity index (χ1) is 7.10. The third-order valence-electron chi connectivity index (χ3n) is 2.00. The molecule has 0 heterocycles. The number of esters is 1. The van der Waals surface area contributed by atoms with Gasteiger partial charge in [-0.1, -0.05) is 6.07 Å². The summed E-state index contributed by atoms with van der Waals surface area (Å²) in [5, 5.41) is 9.32. The minimum atomic E-state index is -1.06. The molecule has 1 atom stereocenters. The van der Waals surface area contributed by atoms with Crippen LogP contribution >= 0.6 is 0 Å². The Hall–Kier alpha value is -1.46. The monoisotopic (exact) mass is 213 g/mol. The topological polar surface area (TPSA) is 72.5 Å². The minimum absolute atomic E-state index is 0.0742. The molecular formula is C10H12FNO3. The Morgan fingerprint density at radius 1 is 1.67 bits per heavy atom. The number of ether oxygens (including phenoxy) is 1. The molecule has 4 nitrogen and oxygen atoms in total. The van der Waals surface area contributed by atoms with Gasteiger partial charge in [-0.2, -0.15) is 0 Å². The van der Waals surface area contributed by atoms with Crippen molar-refractivity contribution in [2.45, 2.75) is 6.10 Å². The van der Waals surface area contributed by atoms with Crippen LogP contribution in [-0.4, -0.2) is 24.7 Å². The van der Waals surface area contributed by atoms with Crippen molar-refractivity contribution in [3.05, 3.63) is 35.1 Å². The fourth-order valence-corrected chi connectivity index (χ4v) is 1.17. The maximum Gasteiger partial charge on any atom is 0.337 e. The molecule has 0 aliphatic heterocycles. The number of aliphatic hydroxyl groups is 1. The molecule has 1 aromatic carbocycles. The second-order valence-corrected chi connectivity index (χ2v) is 2.98. The van der Waals surface area contributed by atoms with E-state index in [1.807, 2.05) is 0 Å². The zero-order valence-electron chi connectivity index (χ0n) is 8.24. The van der Waals surface area contributed by atoms with Crippen LogP contribution in [0.5, 0.6) is 0 Å². The van der Waals surface area contributed by atoms with Gasteiger partial charge in [-0.05, 0) is 12.1 Å². The van der Waals surface area contributed by atoms with Gasteiger partial charge < -0.3 is 15.6 Å². The number of hydrogen-bond acceptors (Lipinski definition) is 4. The summed E-state index contributed by atoms with van der Waals surface area (Å²) >= 11 is 0. The van der Waals surface area contributed by atoms with Crippen LogP contribution in [-0.2, 0) is 4.74 Å². The molecule has 0 amide bonds. The Morgan fingerprint density at radius 3 is 2.80 bits per heavy atom. The highest BCUT2D eigenvalue weighted by Gasteiger charge is 2.14. The van der Waals surface area contributed by atoms with E-state index in [9.17, 15) is 14.3 Å². The average Bonchev–Trinajstić information content (AvgIpc) is 2.26. The van der Waals surface area contributed by atoms with Gasteiger partial charge in [0.05, 0.1) is 18.8 Å². The Morgan fingerprint density at radius 2 is 2.33 bits per heavy atom. The molecule has 0 spiro atoms. The maximum absolute atomic E-state index is 13.4. The zero-order valence-corrected chi connectivity index (χ0v) is 8.24. The van der Waals surface area contributed by atoms with Gasteiger partial charge in [0.25, 0.3) is 0 Å². The predicted octanol–water partition coefficient (Wildman–Crippen LogP) is 0.604. The van der Waals surface area contributed by atoms with Crippen LogP contribution in [0.4, 0.5) is 4.39 Å². The quantitative estimate of drug-likeness (QED) is 0.721. The number of methoxy groups -OCH3 is 1. The molecule has 0 aromatic heterocycles. The number of carbonyl (C=O) groups excluding carboxylic acids is 1. The van der Waals surface area contributed by atoms with Crippen molar-refractivity contribution in [1.82, 2.24) is 0 Å². The second-order valence-electron chi connectivity index (χ2n) is 2.98. The molecule has 5 heteroatoms. The number of benzene rings is 1. The largest absolute Gasteiger partial charge is 0.465 e. The van der Waals surface area contributed by atoms with E-state index >= 15 is 0 Å². The molecule has 0 saturated carbocycles. The number of halogens is 1. The predicted molar refractivity (Wildman–Crippen MR) is 51.8 cm³/mol. The van der Waals surface area contributed by atoms with E-state index in [4.69, 9.17) is 5.73 Å². The molecule has 1 aromatic rings. The molecule has 3 N–H and O–H groups in total. The highest BCUT2D eigenvalue weighted by molar-refractivity contribution is 5.89. The van der Waals surface area contributed by atoms with E-state index in [1.54, 1.807) is 0 Å². The highest BCUT2D eigenvalue weighted by atomic mass is 19.1. The number of aliphatic hydroxyl groups excluding tert-OH is 1. The summed E-state index contributed by atoms with van der Waals surface area (Å²) < 4.78 is 17.8. The van der Waals surface area contributed by atoms with E-state index in [0.29, 0.717) is 0 Å². The van der Waals surface area contributed by atoms with Gasteiger partial charge in [-0.25, -0.2) is 9.18 Å². The Labute approximate surface area is 86.5 Å². The number of hydrogen-bond donors (Lipinski definition) is 2. The third kappa shape index (κ3) is 2.51. The Bertz CT molecular complexity index is 368. The fourth-order valence-electron chi connectivity index (χ4n) is 1.17. The number of nitrogens with two attached hydrogens (primary N) is 1. The maximum atomic E-state index is 13.4. The second kappa shape index (κ2) is 4.86. The SMILES string of the molecule is COC(=O)c1ccc(C(O)CN)c(F)c1. The Balaban J connectivity index is 3.03. The average molecular weight is 213 g/mol. The van der Waals surface area contributed by atoms with Gasteiger partial charge >= 0.3 is 5.97 Å². The molecule has 0 fully saturated rings. The molecule has 0 saturated heterocycles. The van der Waals surface area contributed by atoms with E-state index < -0.39 is 17.9 Å². The van der Waals surface area contributed by atoms with E-state index in [1.165, 1.54) is 19.2 Å². The fraction of sp³-hybridized carbons (Fsp3) is 0.300. The van der Waals surface area contributed by atoms with Crippen molar-refractivity contribution in [2.24, 2.45) is 5.73 Å². The lowest BCUT2D eigenvalue weighted by atomic mass is 10.1. The van der Waals surface area contributed by atoms with E-state index in [2.05, 4.69) is 4.74 Å². The normalized spacial score (nSPS) is 12.3. The van der Waals surface area contributed by atoms with E-state index in [-0.39, 0.29) is 17.7 Å². The molecule has 1 rings (SSSR count). The molecule has 0 radical (unpaired) electrons. The summed E-state index contributed by atoms with van der Waals surface area (Å²) in [5.74, 6) is -1.29. The van der Waals surface area contributed by atoms with Gasteiger partial charge in [0.2, 0.25) is 0 Å². The van der Waals surface area contributed by atoms with Crippen LogP contribution in [0.2, 0.25) is 0 Å². The van der Waals surface area contributed by atoms with Gasteiger partial charge in [0.1, 0.15) is 5.82 Å². The van der Waals surface area contributed by atoms with Crippen LogP contribution in [0.25, 0.3) is 0 Å². The first-order valence-electron chi connectivity index (χ1n) is 4.36. The van der Waals surface area contributed by atoms with Crippen molar-refractivity contribution in [1.29, 1.82) is 0 Å². The molecule has 0 aliphatic rings. The molecule has 82 valence electrons. The van der Waals surface area contributed by atoms with Crippen molar-refractivity contribution in [3.63, 3.8) is 0 Å². The zero-order chi connectivity index (χ0) is 11.4. The van der Waals surface area contributed by atoms with Crippen LogP contribution in [0, 0.1) is 5.82 Å². The number of carbonyl (C=O) groups is 1. The Kier molecular flexibility index (Phi) is 3.76. The van der Waals surface area contributed by atoms with Crippen molar-refractivity contribution in [2.75, 3.05) is 13.7 Å². The van der Waals surface area contributed by atoms with Gasteiger partial charge in [0, 0.05) is 12.1 Å². The molecule has 0 aliphatic carbocycles. The first kappa shape index (κ1) is 11.6. The van der Waals surface area contributed by atoms with Crippen molar-refractivity contribution < 1.29 is 19.0 Å². The third-order valence-corrected chi connectivity index (χ3v) is 2.00. The summed E-state index contributed by atoms with van der Waals surface area (Å²) in [6.45, 7) is -0.0749. The van der Waals surface area contributed by atoms with Crippen LogP contribution in [0.1, 0.15) is 22.0 Å². The summed E-state index contributed by atoms with van der Waals surface area (Å²) in [7, 11) is 1.21. The van der Waals surface area contributed by atoms with Crippen LogP contribution in [0.3, 0.4) is 0 Å². The highest BCUT2D eigenvalue weighted by Crippen LogP contribution is 2.17. The van der Waals surface area contributed by atoms with Crippen molar-refractivity contribution in [3.8, 4) is 0 Å². The minimum Gasteiger partial charge on any atom is -0.465 e. The lowest BCUT2D eigenvalue weighted by Gasteiger charge is -2.09. The lowest BCUT2D eigenvalue weighted by Crippen LogP contribution is -2.13. The summed E-state index contributed by atoms with van der Waals surface area (Å²) in [6, 6.07) is 3.71. The molecule has 0 bridgehead atoms. The van der Waals surface area contributed by atoms with Gasteiger partial charge in [0.15, 0.2) is 0 Å². The van der Waals surface area contributed by atoms with Crippen LogP contribution < -0.4 is 5.73 Å². The summed E-state index contributed by atoms with van der Waals surface area (Å²) in [6.07, 6.45) is -1.06. The number of rotatable bonds is 3. The standard InChI is InChI=1S/C10H12FNO3/c1-15-10(14)6-2-3-7(8(11)4-6)9(13)5-12/h2-4,9,13H,5,12H2,1H3. The molecular weight excluding hydrogens is 201 g/mol. The van der Waals surface area contributed by atoms with Crippen molar-refractivity contribution >= 4 is 5.97 Å².